The molecular weight excluding hydrogens is 191 g/mol. The number of benzene rings is 1. The Balaban J connectivity index is 1.90. The Kier molecular flexibility index (Phi) is 1.74. The van der Waals surface area contributed by atoms with Crippen LogP contribution in [0.4, 0.5) is 0 Å². The van der Waals surface area contributed by atoms with Crippen molar-refractivity contribution < 1.29 is 13.7 Å². The minimum Gasteiger partial charge on any atom is -0.517 e. The molecule has 0 atom stereocenters. The van der Waals surface area contributed by atoms with Crippen LogP contribution in [0.25, 0.3) is 0 Å². The lowest BCUT2D eigenvalue weighted by Gasteiger charge is -1.99. The molecule has 3 nitrogen and oxygen atoms in total. The summed E-state index contributed by atoms with van der Waals surface area (Å²) in [6, 6.07) is 11.4. The van der Waals surface area contributed by atoms with Crippen LogP contribution in [0.3, 0.4) is 0 Å². The van der Waals surface area contributed by atoms with Crippen molar-refractivity contribution in [2.24, 2.45) is 0 Å². The molecule has 4 heteroatoms. The second kappa shape index (κ2) is 3.09. The van der Waals surface area contributed by atoms with Crippen molar-refractivity contribution in [3.05, 3.63) is 42.2 Å². The van der Waals surface area contributed by atoms with Crippen molar-refractivity contribution in [2.75, 3.05) is 0 Å². The average molecular weight is 200 g/mol. The van der Waals surface area contributed by atoms with E-state index in [4.69, 9.17) is 13.7 Å². The van der Waals surface area contributed by atoms with Crippen molar-refractivity contribution in [1.29, 1.82) is 0 Å². The maximum absolute atomic E-state index is 5.59. The quantitative estimate of drug-likeness (QED) is 0.657. The maximum atomic E-state index is 5.59. The molecule has 0 saturated heterocycles. The van der Waals surface area contributed by atoms with E-state index in [2.05, 4.69) is 0 Å². The van der Waals surface area contributed by atoms with Crippen LogP contribution in [0.5, 0.6) is 11.5 Å². The van der Waals surface area contributed by atoms with Gasteiger partial charge in [0.2, 0.25) is 0 Å². The fraction of sp³-hybridized carbons (Fsp3) is 0.0909. The fourth-order valence-electron chi connectivity index (χ4n) is 1.60. The molecule has 0 radical (unpaired) electrons. The summed E-state index contributed by atoms with van der Waals surface area (Å²) >= 11 is 0. The molecular formula is C11H9BO3. The van der Waals surface area contributed by atoms with Gasteiger partial charge < -0.3 is 13.7 Å². The molecule has 0 amide bonds. The van der Waals surface area contributed by atoms with Crippen LogP contribution in [0.1, 0.15) is 5.76 Å². The smallest absolute Gasteiger partial charge is 0.517 e. The number of hydrogen-bond donors (Lipinski definition) is 0. The summed E-state index contributed by atoms with van der Waals surface area (Å²) in [5.41, 5.74) is 0.698. The van der Waals surface area contributed by atoms with Crippen LogP contribution in [0.15, 0.2) is 40.8 Å². The first kappa shape index (κ1) is 8.47. The third-order valence-corrected chi connectivity index (χ3v) is 2.31. The molecule has 1 aliphatic rings. The molecule has 74 valence electrons. The van der Waals surface area contributed by atoms with Crippen molar-refractivity contribution in [1.82, 2.24) is 0 Å². The Labute approximate surface area is 87.8 Å². The lowest BCUT2D eigenvalue weighted by Crippen LogP contribution is -2.38. The predicted octanol–water partition coefficient (Wildman–Crippen LogP) is 1.75. The molecule has 0 bridgehead atoms. The standard InChI is InChI=1S/C11H9BO3/c1-8-6-7-11(13-8)12-14-9-4-2-3-5-10(9)15-12/h2-7H,1H3. The van der Waals surface area contributed by atoms with E-state index in [1.807, 2.05) is 43.3 Å². The van der Waals surface area contributed by atoms with E-state index in [-0.39, 0.29) is 0 Å². The van der Waals surface area contributed by atoms with E-state index >= 15 is 0 Å². The van der Waals surface area contributed by atoms with E-state index in [0.29, 0.717) is 5.66 Å². The minimum absolute atomic E-state index is 0.448. The average Bonchev–Trinajstić information content (AvgIpc) is 2.82. The molecule has 0 N–H and O–H groups in total. The summed E-state index contributed by atoms with van der Waals surface area (Å²) in [6.07, 6.45) is 0. The third-order valence-electron chi connectivity index (χ3n) is 2.31. The van der Waals surface area contributed by atoms with Gasteiger partial charge in [-0.2, -0.15) is 0 Å². The number of rotatable bonds is 1. The van der Waals surface area contributed by atoms with E-state index in [9.17, 15) is 0 Å². The van der Waals surface area contributed by atoms with Gasteiger partial charge in [0.25, 0.3) is 0 Å². The van der Waals surface area contributed by atoms with Crippen LogP contribution < -0.4 is 15.0 Å². The highest BCUT2D eigenvalue weighted by molar-refractivity contribution is 6.62. The molecule has 0 aliphatic carbocycles. The second-order valence-electron chi connectivity index (χ2n) is 3.46. The highest BCUT2D eigenvalue weighted by Crippen LogP contribution is 2.32. The molecule has 0 fully saturated rings. The summed E-state index contributed by atoms with van der Waals surface area (Å²) in [6.45, 7) is 1.89. The number of fused-ring (bicyclic) bond motifs is 1. The van der Waals surface area contributed by atoms with Crippen LogP contribution >= 0.6 is 0 Å². The molecule has 0 spiro atoms. The molecule has 1 aromatic heterocycles. The zero-order valence-corrected chi connectivity index (χ0v) is 8.27. The Morgan fingerprint density at radius 1 is 0.933 bits per heavy atom. The van der Waals surface area contributed by atoms with Crippen molar-refractivity contribution in [2.45, 2.75) is 6.92 Å². The Hall–Kier alpha value is -1.84. The lowest BCUT2D eigenvalue weighted by atomic mass is 9.87. The van der Waals surface area contributed by atoms with Crippen LogP contribution in [0, 0.1) is 6.92 Å². The third kappa shape index (κ3) is 1.38. The summed E-state index contributed by atoms with van der Waals surface area (Å²) in [5.74, 6) is 2.38. The summed E-state index contributed by atoms with van der Waals surface area (Å²) < 4.78 is 16.6. The Morgan fingerprint density at radius 2 is 1.60 bits per heavy atom. The van der Waals surface area contributed by atoms with Crippen molar-refractivity contribution in [3.63, 3.8) is 0 Å². The van der Waals surface area contributed by atoms with E-state index < -0.39 is 7.12 Å². The number of furan rings is 1. The first-order chi connectivity index (χ1) is 7.33. The van der Waals surface area contributed by atoms with Crippen LogP contribution in [-0.2, 0) is 0 Å². The van der Waals surface area contributed by atoms with Gasteiger partial charge in [-0.3, -0.25) is 0 Å². The number of para-hydroxylation sites is 2. The van der Waals surface area contributed by atoms with Crippen molar-refractivity contribution >= 4 is 12.8 Å². The molecule has 0 saturated carbocycles. The van der Waals surface area contributed by atoms with Crippen LogP contribution in [0.2, 0.25) is 0 Å². The van der Waals surface area contributed by atoms with Gasteiger partial charge in [0.05, 0.1) is 5.76 Å². The zero-order chi connectivity index (χ0) is 10.3. The van der Waals surface area contributed by atoms with Gasteiger partial charge in [0, 0.05) is 0 Å². The highest BCUT2D eigenvalue weighted by Gasteiger charge is 2.36. The van der Waals surface area contributed by atoms with Gasteiger partial charge in [-0.1, -0.05) is 12.1 Å². The largest absolute Gasteiger partial charge is 0.670 e. The SMILES string of the molecule is Cc1ccc(B2Oc3ccccc3O2)o1. The monoisotopic (exact) mass is 200 g/mol. The van der Waals surface area contributed by atoms with Crippen molar-refractivity contribution in [3.8, 4) is 11.5 Å². The normalized spacial score (nSPS) is 13.3. The summed E-state index contributed by atoms with van der Waals surface area (Å²) in [5, 5.41) is 0. The van der Waals surface area contributed by atoms with Gasteiger partial charge in [0.15, 0.2) is 5.66 Å². The molecule has 0 unspecified atom stereocenters. The summed E-state index contributed by atoms with van der Waals surface area (Å²) in [7, 11) is -0.448. The zero-order valence-electron chi connectivity index (χ0n) is 8.27. The summed E-state index contributed by atoms with van der Waals surface area (Å²) in [4.78, 5) is 0. The number of aryl methyl sites for hydroxylation is 1. The van der Waals surface area contributed by atoms with Gasteiger partial charge in [-0.05, 0) is 31.2 Å². The fourth-order valence-corrected chi connectivity index (χ4v) is 1.60. The Morgan fingerprint density at radius 3 is 2.13 bits per heavy atom. The van der Waals surface area contributed by atoms with Gasteiger partial charge >= 0.3 is 7.12 Å². The van der Waals surface area contributed by atoms with E-state index in [1.54, 1.807) is 0 Å². The van der Waals surface area contributed by atoms with Gasteiger partial charge in [-0.15, -0.1) is 0 Å². The maximum Gasteiger partial charge on any atom is 0.670 e. The predicted molar refractivity (Wildman–Crippen MR) is 56.5 cm³/mol. The van der Waals surface area contributed by atoms with Gasteiger partial charge in [0.1, 0.15) is 11.5 Å². The highest BCUT2D eigenvalue weighted by atomic mass is 16.6. The molecule has 1 aliphatic heterocycles. The molecule has 2 aromatic rings. The molecule has 3 rings (SSSR count). The molecule has 15 heavy (non-hydrogen) atoms. The lowest BCUT2D eigenvalue weighted by molar-refractivity contribution is 0.482. The van der Waals surface area contributed by atoms with Crippen LogP contribution in [-0.4, -0.2) is 7.12 Å². The minimum atomic E-state index is -0.448. The molecule has 1 aromatic carbocycles. The van der Waals surface area contributed by atoms with E-state index in [0.717, 1.165) is 17.3 Å². The first-order valence-corrected chi connectivity index (χ1v) is 4.81. The topological polar surface area (TPSA) is 31.6 Å². The Bertz CT molecular complexity index is 467. The van der Waals surface area contributed by atoms with Gasteiger partial charge in [-0.25, -0.2) is 0 Å². The second-order valence-corrected chi connectivity index (χ2v) is 3.46. The van der Waals surface area contributed by atoms with E-state index in [1.165, 1.54) is 0 Å². The first-order valence-electron chi connectivity index (χ1n) is 4.81. The molecule has 2 heterocycles. The number of hydrogen-bond acceptors (Lipinski definition) is 3.